The highest BCUT2D eigenvalue weighted by atomic mass is 35.5. The van der Waals surface area contributed by atoms with Crippen LogP contribution in [0.3, 0.4) is 0 Å². The van der Waals surface area contributed by atoms with Gasteiger partial charge in [0.15, 0.2) is 10.8 Å². The molecule has 0 radical (unpaired) electrons. The van der Waals surface area contributed by atoms with Gasteiger partial charge in [0.2, 0.25) is 0 Å². The van der Waals surface area contributed by atoms with Gasteiger partial charge in [0.25, 0.3) is 0 Å². The summed E-state index contributed by atoms with van der Waals surface area (Å²) in [6.07, 6.45) is 0.787. The predicted molar refractivity (Wildman–Crippen MR) is 196 cm³/mol. The Morgan fingerprint density at radius 2 is 1.96 bits per heavy atom. The molecule has 3 atom stereocenters. The van der Waals surface area contributed by atoms with E-state index >= 15 is 0 Å². The van der Waals surface area contributed by atoms with Crippen LogP contribution in [0.5, 0.6) is 0 Å². The third-order valence-corrected chi connectivity index (χ3v) is 10.0. The van der Waals surface area contributed by atoms with Crippen LogP contribution in [0.4, 0.5) is 19.7 Å². The summed E-state index contributed by atoms with van der Waals surface area (Å²) in [6.45, 7) is 7.10. The summed E-state index contributed by atoms with van der Waals surface area (Å²) in [7, 11) is 1.28. The van der Waals surface area contributed by atoms with Crippen LogP contribution in [0.25, 0.3) is 0 Å². The minimum Gasteiger partial charge on any atom is -0.480 e. The zero-order valence-corrected chi connectivity index (χ0v) is 31.0. The van der Waals surface area contributed by atoms with Crippen LogP contribution in [-0.2, 0) is 25.5 Å². The number of aromatic nitrogens is 1. The second kappa shape index (κ2) is 15.5. The number of hydrogen-bond donors (Lipinski definition) is 3. The Hall–Kier alpha value is -5.06. The van der Waals surface area contributed by atoms with Crippen LogP contribution < -0.4 is 15.5 Å². The third-order valence-electron chi connectivity index (χ3n) is 8.89. The van der Waals surface area contributed by atoms with Crippen molar-refractivity contribution in [2.75, 3.05) is 44.7 Å². The first-order valence-electron chi connectivity index (χ1n) is 16.8. The summed E-state index contributed by atoms with van der Waals surface area (Å²) in [5.74, 6) is -1.93. The number of hydrogen-bond acceptors (Lipinski definition) is 11. The number of alkyl carbamates (subject to hydrolysis) is 1. The number of ether oxygens (including phenoxy) is 2. The number of piperazine rings is 1. The van der Waals surface area contributed by atoms with Crippen LogP contribution >= 0.6 is 22.9 Å². The number of aliphatic carboxylic acids is 1. The Balaban J connectivity index is 1.20. The van der Waals surface area contributed by atoms with E-state index in [0.717, 1.165) is 0 Å². The maximum atomic E-state index is 14.1. The molecule has 1 aromatic heterocycles. The summed E-state index contributed by atoms with van der Waals surface area (Å²) in [5, 5.41) is 18.0. The van der Waals surface area contributed by atoms with E-state index in [4.69, 9.17) is 26.1 Å². The van der Waals surface area contributed by atoms with E-state index in [2.05, 4.69) is 20.5 Å². The molecule has 3 aliphatic rings. The average Bonchev–Trinajstić information content (AvgIpc) is 3.75. The molecule has 6 rings (SSSR count). The van der Waals surface area contributed by atoms with Gasteiger partial charge in [-0.05, 0) is 50.6 Å². The van der Waals surface area contributed by atoms with Gasteiger partial charge >= 0.3 is 24.1 Å². The predicted octanol–water partition coefficient (Wildman–Crippen LogP) is 4.60. The number of carboxylic acid groups (broad SMARTS) is 1. The number of aliphatic imine (C=N–C) groups is 1. The van der Waals surface area contributed by atoms with Gasteiger partial charge in [0.05, 0.1) is 18.7 Å². The molecule has 17 heteroatoms. The average molecular weight is 768 g/mol. The van der Waals surface area contributed by atoms with Crippen molar-refractivity contribution in [3.63, 3.8) is 0 Å². The highest BCUT2D eigenvalue weighted by Crippen LogP contribution is 2.37. The number of nitrogens with zero attached hydrogens (tertiary/aromatic N) is 5. The van der Waals surface area contributed by atoms with Gasteiger partial charge in [0.1, 0.15) is 23.5 Å². The molecule has 2 aromatic carbocycles. The van der Waals surface area contributed by atoms with Crippen molar-refractivity contribution >= 4 is 58.5 Å². The Morgan fingerprint density at radius 1 is 1.17 bits per heavy atom. The highest BCUT2D eigenvalue weighted by Gasteiger charge is 2.42. The van der Waals surface area contributed by atoms with E-state index < -0.39 is 41.5 Å². The fourth-order valence-corrected chi connectivity index (χ4v) is 7.42. The molecule has 0 spiro atoms. The summed E-state index contributed by atoms with van der Waals surface area (Å²) >= 11 is 7.86. The lowest BCUT2D eigenvalue weighted by molar-refractivity contribution is -0.139. The fourth-order valence-electron chi connectivity index (χ4n) is 6.56. The Kier molecular flexibility index (Phi) is 11.0. The Morgan fingerprint density at radius 3 is 2.64 bits per heavy atom. The van der Waals surface area contributed by atoms with Gasteiger partial charge in [-0.2, -0.15) is 0 Å². The van der Waals surface area contributed by atoms with E-state index in [-0.39, 0.29) is 35.6 Å². The molecule has 53 heavy (non-hydrogen) atoms. The number of carbonyl (C=O) groups is 4. The standard InChI is InChI=1S/C36H39ClFN7O7S/c1-36(2,3)52-34(49)41-26(32(46)47)15-20-6-5-7-22(14-20)45-18-23-17-43(11-12-44(23)35(45)50)19-27-28(33(48)51-4)29(24-9-8-21(38)16-25(24)37)42-30(40-27)31-39-10-13-53-31/h5-10,13-14,16,23,26,29H,11-12,15,17-19H2,1-4H3,(H,40,42)(H,41,49)(H,46,47)/t23-,26?,29-/m0/s1. The van der Waals surface area contributed by atoms with E-state index in [1.165, 1.54) is 36.6 Å². The second-order valence-electron chi connectivity index (χ2n) is 13.8. The maximum absolute atomic E-state index is 14.1. The van der Waals surface area contributed by atoms with Crippen LogP contribution in [0.15, 0.2) is 70.3 Å². The fraction of sp³-hybridized carbons (Fsp3) is 0.389. The van der Waals surface area contributed by atoms with E-state index in [1.807, 2.05) is 5.38 Å². The molecule has 1 unspecified atom stereocenters. The molecule has 3 N–H and O–H groups in total. The lowest BCUT2D eigenvalue weighted by atomic mass is 9.95. The van der Waals surface area contributed by atoms with Crippen LogP contribution in [0.1, 0.15) is 42.9 Å². The maximum Gasteiger partial charge on any atom is 0.408 e. The summed E-state index contributed by atoms with van der Waals surface area (Å²) in [5.41, 5.74) is 1.61. The van der Waals surface area contributed by atoms with E-state index in [1.54, 1.807) is 61.0 Å². The first-order chi connectivity index (χ1) is 25.2. The highest BCUT2D eigenvalue weighted by molar-refractivity contribution is 7.11. The number of carboxylic acids is 1. The molecule has 2 fully saturated rings. The number of fused-ring (bicyclic) bond motifs is 1. The Bertz CT molecular complexity index is 1970. The molecule has 3 aliphatic heterocycles. The number of carbonyl (C=O) groups excluding carboxylic acids is 3. The molecule has 4 heterocycles. The van der Waals surface area contributed by atoms with Crippen LogP contribution in [-0.4, -0.2) is 107 Å². The molecule has 3 amide bonds. The first-order valence-corrected chi connectivity index (χ1v) is 18.1. The molecule has 0 aliphatic carbocycles. The number of amides is 3. The quantitative estimate of drug-likeness (QED) is 0.248. The molecule has 0 saturated carbocycles. The van der Waals surface area contributed by atoms with E-state index in [0.29, 0.717) is 59.5 Å². The van der Waals surface area contributed by atoms with Gasteiger partial charge < -0.3 is 30.1 Å². The second-order valence-corrected chi connectivity index (χ2v) is 15.1. The third kappa shape index (κ3) is 8.61. The number of benzene rings is 2. The number of anilines is 1. The van der Waals surface area contributed by atoms with Crippen molar-refractivity contribution in [2.24, 2.45) is 4.99 Å². The van der Waals surface area contributed by atoms with E-state index in [9.17, 15) is 28.7 Å². The van der Waals surface area contributed by atoms with Crippen LogP contribution in [0.2, 0.25) is 5.02 Å². The number of nitrogens with one attached hydrogen (secondary N) is 2. The van der Waals surface area contributed by atoms with Gasteiger partial charge in [0, 0.05) is 72.7 Å². The van der Waals surface area contributed by atoms with Gasteiger partial charge in [-0.1, -0.05) is 29.8 Å². The molecule has 0 bridgehead atoms. The lowest BCUT2D eigenvalue weighted by Crippen LogP contribution is -2.53. The van der Waals surface area contributed by atoms with Gasteiger partial charge in [-0.3, -0.25) is 14.8 Å². The molecule has 2 saturated heterocycles. The number of esters is 1. The van der Waals surface area contributed by atoms with Gasteiger partial charge in [-0.15, -0.1) is 11.3 Å². The summed E-state index contributed by atoms with van der Waals surface area (Å²) in [4.78, 5) is 66.2. The van der Waals surface area contributed by atoms with Crippen LogP contribution in [0, 0.1) is 5.82 Å². The van der Waals surface area contributed by atoms with Gasteiger partial charge in [-0.25, -0.2) is 28.6 Å². The minimum atomic E-state index is -1.24. The number of rotatable bonds is 10. The molecular weight excluding hydrogens is 729 g/mol. The number of thiazole rings is 1. The molecular formula is C36H39ClFN7O7S. The smallest absolute Gasteiger partial charge is 0.408 e. The Labute approximate surface area is 314 Å². The largest absolute Gasteiger partial charge is 0.480 e. The lowest BCUT2D eigenvalue weighted by Gasteiger charge is -2.38. The number of methoxy groups -OCH3 is 1. The summed E-state index contributed by atoms with van der Waals surface area (Å²) < 4.78 is 24.5. The van der Waals surface area contributed by atoms with Crippen molar-refractivity contribution in [2.45, 2.75) is 50.9 Å². The SMILES string of the molecule is COC(=O)C1=C(CN2CCN3C(=O)N(c4cccc(CC(NC(=O)OC(C)(C)C)C(=O)O)c4)C[C@@H]3C2)NC(c2nccs2)=N[C@H]1c1ccc(F)cc1Cl. The molecule has 280 valence electrons. The number of halogens is 2. The summed E-state index contributed by atoms with van der Waals surface area (Å²) in [6, 6.07) is 8.45. The topological polar surface area (TPSA) is 166 Å². The zero-order chi connectivity index (χ0) is 38.0. The molecule has 14 nitrogen and oxygen atoms in total. The van der Waals surface area contributed by atoms with Crippen molar-refractivity contribution in [3.8, 4) is 0 Å². The zero-order valence-electron chi connectivity index (χ0n) is 29.5. The molecule has 3 aromatic rings. The normalized spacial score (nSPS) is 19.7. The van der Waals surface area contributed by atoms with Crippen molar-refractivity contribution in [1.82, 2.24) is 25.4 Å². The number of amidine groups is 1. The van der Waals surface area contributed by atoms with Crippen molar-refractivity contribution < 1.29 is 38.1 Å². The number of urea groups is 1. The monoisotopic (exact) mass is 767 g/mol. The first kappa shape index (κ1) is 37.7. The minimum absolute atomic E-state index is 0.0214. The van der Waals surface area contributed by atoms with Crippen molar-refractivity contribution in [1.29, 1.82) is 0 Å². The van der Waals surface area contributed by atoms with Crippen molar-refractivity contribution in [3.05, 3.63) is 92.3 Å².